The molecule has 23 heavy (non-hydrogen) atoms. The fourth-order valence-corrected chi connectivity index (χ4v) is 4.18. The molecule has 4 N–H and O–H groups in total. The number of hydrogen-bond acceptors (Lipinski definition) is 4. The lowest BCUT2D eigenvalue weighted by Crippen LogP contribution is -2.44. The number of sulfonamides is 1. The highest BCUT2D eigenvalue weighted by Gasteiger charge is 2.28. The minimum Gasteiger partial charge on any atom is -0.355 e. The molecule has 1 aliphatic rings. The van der Waals surface area contributed by atoms with E-state index in [2.05, 4.69) is 10.0 Å². The van der Waals surface area contributed by atoms with Crippen molar-refractivity contribution >= 4 is 28.3 Å². The van der Waals surface area contributed by atoms with Gasteiger partial charge in [-0.25, -0.2) is 13.1 Å². The second-order valence-electron chi connectivity index (χ2n) is 5.61. The Morgan fingerprint density at radius 2 is 1.83 bits per heavy atom. The molecular weight excluding hydrogens is 338 g/mol. The predicted octanol–water partition coefficient (Wildman–Crippen LogP) is 1.26. The Morgan fingerprint density at radius 3 is 2.39 bits per heavy atom. The first kappa shape index (κ1) is 19.9. The molecule has 0 bridgehead atoms. The summed E-state index contributed by atoms with van der Waals surface area (Å²) in [5.74, 6) is -0.0546. The van der Waals surface area contributed by atoms with Gasteiger partial charge in [-0.15, -0.1) is 12.4 Å². The third-order valence-electron chi connectivity index (χ3n) is 4.17. The molecule has 2 unspecified atom stereocenters. The summed E-state index contributed by atoms with van der Waals surface area (Å²) in [6.45, 7) is 0.489. The molecule has 6 nitrogen and oxygen atoms in total. The van der Waals surface area contributed by atoms with Crippen LogP contribution in [0.15, 0.2) is 29.2 Å². The molecule has 2 rings (SSSR count). The smallest absolute Gasteiger partial charge is 0.251 e. The standard InChI is InChI=1S/C15H23N3O3S.ClH/c1-17-15(19)11-6-8-13(9-7-11)22(20,21)18-14-5-3-2-4-12(14)10-16;/h6-9,12,14,18H,2-5,10,16H2,1H3,(H,17,19);1H. The van der Waals surface area contributed by atoms with Crippen LogP contribution in [0.5, 0.6) is 0 Å². The maximum absolute atomic E-state index is 12.5. The largest absolute Gasteiger partial charge is 0.355 e. The monoisotopic (exact) mass is 361 g/mol. The molecule has 1 aromatic carbocycles. The molecule has 1 fully saturated rings. The van der Waals surface area contributed by atoms with Crippen molar-refractivity contribution in [2.45, 2.75) is 36.6 Å². The summed E-state index contributed by atoms with van der Waals surface area (Å²) in [5.41, 5.74) is 6.17. The Bertz CT molecular complexity index is 619. The quantitative estimate of drug-likeness (QED) is 0.734. The first-order valence-corrected chi connectivity index (χ1v) is 9.01. The van der Waals surface area contributed by atoms with Gasteiger partial charge in [0.15, 0.2) is 0 Å². The molecule has 0 aliphatic heterocycles. The number of halogens is 1. The zero-order valence-corrected chi connectivity index (χ0v) is 14.8. The van der Waals surface area contributed by atoms with Gasteiger partial charge in [0.05, 0.1) is 4.90 Å². The second kappa shape index (κ2) is 8.63. The first-order chi connectivity index (χ1) is 10.5. The fraction of sp³-hybridized carbons (Fsp3) is 0.533. The van der Waals surface area contributed by atoms with E-state index < -0.39 is 10.0 Å². The Labute approximate surface area is 143 Å². The molecule has 1 aromatic rings. The van der Waals surface area contributed by atoms with Crippen LogP contribution in [0, 0.1) is 5.92 Å². The average molecular weight is 362 g/mol. The molecule has 1 aliphatic carbocycles. The molecular formula is C15H24ClN3O3S. The predicted molar refractivity (Wildman–Crippen MR) is 92.2 cm³/mol. The number of carbonyl (C=O) groups excluding carboxylic acids is 1. The number of nitrogens with one attached hydrogen (secondary N) is 2. The van der Waals surface area contributed by atoms with Gasteiger partial charge in [-0.3, -0.25) is 4.79 Å². The Hall–Kier alpha value is -1.15. The molecule has 0 saturated heterocycles. The van der Waals surface area contributed by atoms with Gasteiger partial charge in [-0.05, 0) is 49.6 Å². The summed E-state index contributed by atoms with van der Waals surface area (Å²) in [5, 5.41) is 2.50. The number of nitrogens with two attached hydrogens (primary N) is 1. The average Bonchev–Trinajstić information content (AvgIpc) is 2.54. The van der Waals surface area contributed by atoms with Crippen molar-refractivity contribution in [3.05, 3.63) is 29.8 Å². The lowest BCUT2D eigenvalue weighted by atomic mass is 9.85. The molecule has 0 heterocycles. The van der Waals surface area contributed by atoms with Crippen molar-refractivity contribution in [2.24, 2.45) is 11.7 Å². The second-order valence-corrected chi connectivity index (χ2v) is 7.33. The molecule has 0 spiro atoms. The third-order valence-corrected chi connectivity index (χ3v) is 5.68. The number of carbonyl (C=O) groups is 1. The summed E-state index contributed by atoms with van der Waals surface area (Å²) >= 11 is 0. The van der Waals surface area contributed by atoms with Crippen molar-refractivity contribution in [1.29, 1.82) is 0 Å². The SMILES string of the molecule is CNC(=O)c1ccc(S(=O)(=O)NC2CCCCC2CN)cc1.Cl. The highest BCUT2D eigenvalue weighted by Crippen LogP contribution is 2.25. The van der Waals surface area contributed by atoms with E-state index in [-0.39, 0.29) is 35.2 Å². The van der Waals surface area contributed by atoms with Crippen molar-refractivity contribution in [1.82, 2.24) is 10.0 Å². The third kappa shape index (κ3) is 4.91. The van der Waals surface area contributed by atoms with E-state index in [1.165, 1.54) is 31.3 Å². The highest BCUT2D eigenvalue weighted by atomic mass is 35.5. The summed E-state index contributed by atoms with van der Waals surface area (Å²) in [7, 11) is -2.06. The maximum atomic E-state index is 12.5. The normalized spacial score (nSPS) is 21.3. The van der Waals surface area contributed by atoms with Crippen molar-refractivity contribution in [3.63, 3.8) is 0 Å². The molecule has 2 atom stereocenters. The Kier molecular flexibility index (Phi) is 7.47. The van der Waals surface area contributed by atoms with Gasteiger partial charge in [0, 0.05) is 18.7 Å². The number of hydrogen-bond donors (Lipinski definition) is 3. The highest BCUT2D eigenvalue weighted by molar-refractivity contribution is 7.89. The zero-order valence-electron chi connectivity index (χ0n) is 13.1. The number of amides is 1. The molecule has 0 radical (unpaired) electrons. The maximum Gasteiger partial charge on any atom is 0.251 e. The first-order valence-electron chi connectivity index (χ1n) is 7.52. The molecule has 0 aromatic heterocycles. The molecule has 130 valence electrons. The van der Waals surface area contributed by atoms with Gasteiger partial charge >= 0.3 is 0 Å². The Morgan fingerprint density at radius 1 is 1.22 bits per heavy atom. The van der Waals surface area contributed by atoms with Crippen LogP contribution < -0.4 is 15.8 Å². The summed E-state index contributed by atoms with van der Waals surface area (Å²) < 4.78 is 27.7. The van der Waals surface area contributed by atoms with E-state index in [0.29, 0.717) is 12.1 Å². The van der Waals surface area contributed by atoms with Crippen molar-refractivity contribution in [2.75, 3.05) is 13.6 Å². The van der Waals surface area contributed by atoms with E-state index in [1.54, 1.807) is 0 Å². The topological polar surface area (TPSA) is 101 Å². The van der Waals surface area contributed by atoms with Gasteiger partial charge in [0.25, 0.3) is 5.91 Å². The van der Waals surface area contributed by atoms with Crippen molar-refractivity contribution in [3.8, 4) is 0 Å². The van der Waals surface area contributed by atoms with E-state index in [1.807, 2.05) is 0 Å². The van der Waals surface area contributed by atoms with Crippen LogP contribution in [0.3, 0.4) is 0 Å². The van der Waals surface area contributed by atoms with Gasteiger partial charge in [-0.1, -0.05) is 12.8 Å². The zero-order chi connectivity index (χ0) is 16.2. The minimum atomic E-state index is -3.59. The minimum absolute atomic E-state index is 0. The van der Waals surface area contributed by atoms with Crippen LogP contribution in [0.1, 0.15) is 36.0 Å². The van der Waals surface area contributed by atoms with Crippen LogP contribution in [-0.2, 0) is 10.0 Å². The van der Waals surface area contributed by atoms with Crippen molar-refractivity contribution < 1.29 is 13.2 Å². The van der Waals surface area contributed by atoms with Gasteiger partial charge in [0.1, 0.15) is 0 Å². The lowest BCUT2D eigenvalue weighted by molar-refractivity contribution is 0.0963. The van der Waals surface area contributed by atoms with Gasteiger partial charge in [-0.2, -0.15) is 0 Å². The number of rotatable bonds is 5. The summed E-state index contributed by atoms with van der Waals surface area (Å²) in [4.78, 5) is 11.7. The van der Waals surface area contributed by atoms with Crippen LogP contribution in [0.25, 0.3) is 0 Å². The van der Waals surface area contributed by atoms with Crippen LogP contribution >= 0.6 is 12.4 Å². The number of benzene rings is 1. The molecule has 8 heteroatoms. The van der Waals surface area contributed by atoms with Gasteiger partial charge in [0.2, 0.25) is 10.0 Å². The van der Waals surface area contributed by atoms with E-state index >= 15 is 0 Å². The molecule has 1 saturated carbocycles. The summed E-state index contributed by atoms with van der Waals surface area (Å²) in [6, 6.07) is 5.81. The van der Waals surface area contributed by atoms with Crippen LogP contribution in [0.4, 0.5) is 0 Å². The lowest BCUT2D eigenvalue weighted by Gasteiger charge is -2.31. The van der Waals surface area contributed by atoms with Crippen LogP contribution in [0.2, 0.25) is 0 Å². The van der Waals surface area contributed by atoms with Crippen LogP contribution in [-0.4, -0.2) is 34.0 Å². The summed E-state index contributed by atoms with van der Waals surface area (Å²) in [6.07, 6.45) is 3.89. The molecule has 1 amide bonds. The Balaban J connectivity index is 0.00000264. The van der Waals surface area contributed by atoms with Gasteiger partial charge < -0.3 is 11.1 Å². The fourth-order valence-electron chi connectivity index (χ4n) is 2.84. The van der Waals surface area contributed by atoms with E-state index in [0.717, 1.165) is 25.7 Å². The van der Waals surface area contributed by atoms with E-state index in [9.17, 15) is 13.2 Å². The van der Waals surface area contributed by atoms with E-state index in [4.69, 9.17) is 5.73 Å².